The number of nitrogens with one attached hydrogen (secondary N) is 1. The fourth-order valence-electron chi connectivity index (χ4n) is 2.19. The van der Waals surface area contributed by atoms with Crippen molar-refractivity contribution >= 4 is 11.6 Å². The van der Waals surface area contributed by atoms with Crippen molar-refractivity contribution in [2.24, 2.45) is 0 Å². The first kappa shape index (κ1) is 14.9. The number of hydrogen-bond acceptors (Lipinski definition) is 3. The third-order valence-electron chi connectivity index (χ3n) is 3.53. The van der Waals surface area contributed by atoms with Crippen molar-refractivity contribution in [3.8, 4) is 0 Å². The Morgan fingerprint density at radius 1 is 1.35 bits per heavy atom. The second-order valence-electron chi connectivity index (χ2n) is 5.42. The minimum atomic E-state index is -0.792. The molecule has 1 aliphatic rings. The fourth-order valence-corrected chi connectivity index (χ4v) is 2.19. The molecule has 0 radical (unpaired) electrons. The van der Waals surface area contributed by atoms with Gasteiger partial charge in [-0.15, -0.1) is 0 Å². The molecule has 2 N–H and O–H groups in total. The van der Waals surface area contributed by atoms with E-state index in [-0.39, 0.29) is 6.54 Å². The predicted octanol–water partition coefficient (Wildman–Crippen LogP) is 1.75. The fraction of sp³-hybridized carbons (Fsp3) is 0.500. The molecule has 0 saturated carbocycles. The quantitative estimate of drug-likeness (QED) is 0.889. The van der Waals surface area contributed by atoms with Crippen LogP contribution < -0.4 is 5.32 Å². The molecule has 1 saturated heterocycles. The molecule has 20 heavy (non-hydrogen) atoms. The van der Waals surface area contributed by atoms with E-state index >= 15 is 0 Å². The van der Waals surface area contributed by atoms with Crippen molar-refractivity contribution < 1.29 is 18.7 Å². The molecule has 0 bridgehead atoms. The summed E-state index contributed by atoms with van der Waals surface area (Å²) in [6, 6.07) is 3.43. The third kappa shape index (κ3) is 3.74. The largest absolute Gasteiger partial charge is 0.390 e. The van der Waals surface area contributed by atoms with Crippen molar-refractivity contribution in [3.63, 3.8) is 0 Å². The SMILES string of the molecule is CC1(O)CCN(CC(=O)Nc2c(F)cccc2F)CC1. The lowest BCUT2D eigenvalue weighted by atomic mass is 9.94. The Hall–Kier alpha value is -1.53. The molecule has 0 unspecified atom stereocenters. The molecule has 2 rings (SSSR count). The molecular formula is C14H18F2N2O2. The second kappa shape index (κ2) is 5.85. The molecule has 6 heteroatoms. The molecule has 1 aromatic carbocycles. The minimum Gasteiger partial charge on any atom is -0.390 e. The zero-order chi connectivity index (χ0) is 14.8. The van der Waals surface area contributed by atoms with Crippen LogP contribution in [0.15, 0.2) is 18.2 Å². The van der Waals surface area contributed by atoms with Crippen LogP contribution in [0.5, 0.6) is 0 Å². The van der Waals surface area contributed by atoms with Crippen LogP contribution in [0.3, 0.4) is 0 Å². The van der Waals surface area contributed by atoms with E-state index in [2.05, 4.69) is 5.32 Å². The van der Waals surface area contributed by atoms with Crippen LogP contribution in [0.1, 0.15) is 19.8 Å². The molecule has 110 valence electrons. The van der Waals surface area contributed by atoms with Gasteiger partial charge >= 0.3 is 0 Å². The molecule has 0 aromatic heterocycles. The molecule has 1 amide bonds. The van der Waals surface area contributed by atoms with E-state index in [1.807, 2.05) is 4.90 Å². The lowest BCUT2D eigenvalue weighted by molar-refractivity contribution is -0.118. The van der Waals surface area contributed by atoms with Crippen molar-refractivity contribution in [2.45, 2.75) is 25.4 Å². The number of rotatable bonds is 3. The average molecular weight is 284 g/mol. The summed E-state index contributed by atoms with van der Waals surface area (Å²) >= 11 is 0. The summed E-state index contributed by atoms with van der Waals surface area (Å²) in [6.07, 6.45) is 1.16. The van der Waals surface area contributed by atoms with Crippen molar-refractivity contribution in [1.82, 2.24) is 4.90 Å². The average Bonchev–Trinajstić information content (AvgIpc) is 2.37. The maximum absolute atomic E-state index is 13.4. The number of amides is 1. The highest BCUT2D eigenvalue weighted by Gasteiger charge is 2.28. The molecule has 1 heterocycles. The van der Waals surface area contributed by atoms with Gasteiger partial charge in [0.2, 0.25) is 5.91 Å². The van der Waals surface area contributed by atoms with Gasteiger partial charge in [-0.1, -0.05) is 6.07 Å². The van der Waals surface area contributed by atoms with Gasteiger partial charge in [-0.05, 0) is 31.9 Å². The smallest absolute Gasteiger partial charge is 0.238 e. The Balaban J connectivity index is 1.90. The van der Waals surface area contributed by atoms with Crippen LogP contribution in [0.25, 0.3) is 0 Å². The van der Waals surface area contributed by atoms with Gasteiger partial charge in [0.1, 0.15) is 17.3 Å². The van der Waals surface area contributed by atoms with Gasteiger partial charge in [-0.25, -0.2) is 8.78 Å². The van der Waals surface area contributed by atoms with E-state index in [1.165, 1.54) is 6.07 Å². The second-order valence-corrected chi connectivity index (χ2v) is 5.42. The Bertz CT molecular complexity index is 476. The van der Waals surface area contributed by atoms with E-state index < -0.39 is 28.8 Å². The van der Waals surface area contributed by atoms with Gasteiger partial charge < -0.3 is 10.4 Å². The van der Waals surface area contributed by atoms with Crippen molar-refractivity contribution in [3.05, 3.63) is 29.8 Å². The summed E-state index contributed by atoms with van der Waals surface area (Å²) in [6.45, 7) is 2.99. The molecule has 4 nitrogen and oxygen atoms in total. The first-order chi connectivity index (χ1) is 9.37. The summed E-state index contributed by atoms with van der Waals surface area (Å²) in [7, 11) is 0. The Morgan fingerprint density at radius 2 is 1.90 bits per heavy atom. The van der Waals surface area contributed by atoms with Gasteiger partial charge in [0.25, 0.3) is 0 Å². The highest BCUT2D eigenvalue weighted by Crippen LogP contribution is 2.21. The highest BCUT2D eigenvalue weighted by molar-refractivity contribution is 5.92. The minimum absolute atomic E-state index is 0.0594. The maximum atomic E-state index is 13.4. The number of benzene rings is 1. The standard InChI is InChI=1S/C14H18F2N2O2/c1-14(20)5-7-18(8-6-14)9-12(19)17-13-10(15)3-2-4-11(13)16/h2-4,20H,5-9H2,1H3,(H,17,19). The Morgan fingerprint density at radius 3 is 2.45 bits per heavy atom. The van der Waals surface area contributed by atoms with Crippen LogP contribution >= 0.6 is 0 Å². The topological polar surface area (TPSA) is 52.6 Å². The number of hydrogen-bond donors (Lipinski definition) is 2. The number of carbonyl (C=O) groups is 1. The van der Waals surface area contributed by atoms with Crippen LogP contribution in [0.2, 0.25) is 0 Å². The Kier molecular flexibility index (Phi) is 4.35. The number of carbonyl (C=O) groups excluding carboxylic acids is 1. The van der Waals surface area contributed by atoms with E-state index in [0.717, 1.165) is 12.1 Å². The lowest BCUT2D eigenvalue weighted by Gasteiger charge is -2.35. The maximum Gasteiger partial charge on any atom is 0.238 e. The first-order valence-electron chi connectivity index (χ1n) is 6.56. The summed E-state index contributed by atoms with van der Waals surface area (Å²) < 4.78 is 26.8. The number of para-hydroxylation sites is 1. The zero-order valence-electron chi connectivity index (χ0n) is 11.3. The van der Waals surface area contributed by atoms with E-state index in [1.54, 1.807) is 6.92 Å². The molecule has 0 aliphatic carbocycles. The van der Waals surface area contributed by atoms with E-state index in [4.69, 9.17) is 0 Å². The number of piperidine rings is 1. The molecular weight excluding hydrogens is 266 g/mol. The third-order valence-corrected chi connectivity index (χ3v) is 3.53. The van der Waals surface area contributed by atoms with Crippen LogP contribution in [0, 0.1) is 11.6 Å². The van der Waals surface area contributed by atoms with Gasteiger partial charge in [-0.3, -0.25) is 9.69 Å². The highest BCUT2D eigenvalue weighted by atomic mass is 19.1. The molecule has 1 fully saturated rings. The molecule has 1 aromatic rings. The monoisotopic (exact) mass is 284 g/mol. The van der Waals surface area contributed by atoms with Gasteiger partial charge in [0, 0.05) is 13.1 Å². The predicted molar refractivity (Wildman–Crippen MR) is 71.3 cm³/mol. The van der Waals surface area contributed by atoms with Crippen molar-refractivity contribution in [2.75, 3.05) is 25.0 Å². The van der Waals surface area contributed by atoms with Crippen LogP contribution in [0.4, 0.5) is 14.5 Å². The lowest BCUT2D eigenvalue weighted by Crippen LogP contribution is -2.45. The summed E-state index contributed by atoms with van der Waals surface area (Å²) in [5.74, 6) is -2.05. The van der Waals surface area contributed by atoms with Gasteiger partial charge in [0.15, 0.2) is 0 Å². The first-order valence-corrected chi connectivity index (χ1v) is 6.56. The summed E-state index contributed by atoms with van der Waals surface area (Å²) in [4.78, 5) is 13.7. The zero-order valence-corrected chi connectivity index (χ0v) is 11.3. The molecule has 0 atom stereocenters. The number of anilines is 1. The van der Waals surface area contributed by atoms with Crippen LogP contribution in [-0.4, -0.2) is 41.1 Å². The van der Waals surface area contributed by atoms with E-state index in [0.29, 0.717) is 25.9 Å². The number of aliphatic hydroxyl groups is 1. The number of nitrogens with zero attached hydrogens (tertiary/aromatic N) is 1. The molecule has 0 spiro atoms. The molecule has 1 aliphatic heterocycles. The van der Waals surface area contributed by atoms with E-state index in [9.17, 15) is 18.7 Å². The Labute approximate surface area is 116 Å². The van der Waals surface area contributed by atoms with Crippen LogP contribution in [-0.2, 0) is 4.79 Å². The van der Waals surface area contributed by atoms with Gasteiger partial charge in [0.05, 0.1) is 12.1 Å². The summed E-state index contributed by atoms with van der Waals surface area (Å²) in [5.41, 5.74) is -1.11. The normalized spacial score (nSPS) is 18.8. The van der Waals surface area contributed by atoms with Crippen molar-refractivity contribution in [1.29, 1.82) is 0 Å². The number of likely N-dealkylation sites (tertiary alicyclic amines) is 1. The summed E-state index contributed by atoms with van der Waals surface area (Å²) in [5, 5.41) is 12.1. The number of halogens is 2. The van der Waals surface area contributed by atoms with Gasteiger partial charge in [-0.2, -0.15) is 0 Å².